The van der Waals surface area contributed by atoms with Crippen LogP contribution in [0.5, 0.6) is 5.75 Å². The van der Waals surface area contributed by atoms with Crippen molar-refractivity contribution in [2.45, 2.75) is 18.8 Å². The fourth-order valence-electron chi connectivity index (χ4n) is 3.09. The topological polar surface area (TPSA) is 50.8 Å². The summed E-state index contributed by atoms with van der Waals surface area (Å²) >= 11 is 1.62. The van der Waals surface area contributed by atoms with Crippen molar-refractivity contribution in [3.05, 3.63) is 65.2 Å². The first-order valence-electron chi connectivity index (χ1n) is 9.58. The minimum atomic E-state index is 0.0668. The highest BCUT2D eigenvalue weighted by Crippen LogP contribution is 2.16. The Morgan fingerprint density at radius 2 is 1.86 bits per heavy atom. The van der Waals surface area contributed by atoms with Gasteiger partial charge in [-0.1, -0.05) is 36.4 Å². The molecule has 28 heavy (non-hydrogen) atoms. The van der Waals surface area contributed by atoms with Crippen molar-refractivity contribution >= 4 is 17.7 Å². The van der Waals surface area contributed by atoms with E-state index < -0.39 is 0 Å². The maximum atomic E-state index is 12.1. The van der Waals surface area contributed by atoms with Gasteiger partial charge in [-0.3, -0.25) is 9.69 Å². The molecule has 0 aliphatic carbocycles. The number of rotatable bonds is 9. The Labute approximate surface area is 171 Å². The minimum Gasteiger partial charge on any atom is -0.497 e. The van der Waals surface area contributed by atoms with Crippen LogP contribution in [-0.2, 0) is 28.4 Å². The lowest BCUT2D eigenvalue weighted by Crippen LogP contribution is -2.35. The fourth-order valence-corrected chi connectivity index (χ4v) is 3.91. The van der Waals surface area contributed by atoms with Gasteiger partial charge in [0, 0.05) is 31.9 Å². The molecule has 1 heterocycles. The summed E-state index contributed by atoms with van der Waals surface area (Å²) in [5, 5.41) is 3.02. The van der Waals surface area contributed by atoms with Gasteiger partial charge in [-0.25, -0.2) is 0 Å². The SMILES string of the molecule is COc1ccc(CSCC(=O)NCc2cccc(CN3CCOCC3)c2)cc1. The molecule has 0 unspecified atom stereocenters. The van der Waals surface area contributed by atoms with Crippen molar-refractivity contribution in [1.29, 1.82) is 0 Å². The number of nitrogens with zero attached hydrogens (tertiary/aromatic N) is 1. The molecule has 150 valence electrons. The average molecular weight is 401 g/mol. The molecule has 0 atom stereocenters. The van der Waals surface area contributed by atoms with E-state index in [4.69, 9.17) is 9.47 Å². The van der Waals surface area contributed by atoms with Gasteiger partial charge in [0.05, 0.1) is 26.1 Å². The second-order valence-electron chi connectivity index (χ2n) is 6.83. The molecule has 2 aromatic carbocycles. The van der Waals surface area contributed by atoms with E-state index in [1.54, 1.807) is 18.9 Å². The van der Waals surface area contributed by atoms with Crippen LogP contribution in [0, 0.1) is 0 Å². The lowest BCUT2D eigenvalue weighted by Gasteiger charge is -2.26. The molecule has 0 saturated carbocycles. The number of amides is 1. The van der Waals surface area contributed by atoms with E-state index in [9.17, 15) is 4.79 Å². The molecule has 1 amide bonds. The molecular formula is C22H28N2O3S. The number of methoxy groups -OCH3 is 1. The van der Waals surface area contributed by atoms with Crippen LogP contribution in [0.15, 0.2) is 48.5 Å². The zero-order valence-electron chi connectivity index (χ0n) is 16.4. The van der Waals surface area contributed by atoms with E-state index >= 15 is 0 Å². The summed E-state index contributed by atoms with van der Waals surface area (Å²) in [4.78, 5) is 14.5. The Hall–Kier alpha value is -2.02. The van der Waals surface area contributed by atoms with Crippen molar-refractivity contribution in [3.8, 4) is 5.75 Å². The molecule has 5 nitrogen and oxygen atoms in total. The zero-order chi connectivity index (χ0) is 19.6. The second kappa shape index (κ2) is 11.1. The van der Waals surface area contributed by atoms with E-state index in [0.717, 1.165) is 49.9 Å². The van der Waals surface area contributed by atoms with Crippen molar-refractivity contribution in [2.75, 3.05) is 39.2 Å². The van der Waals surface area contributed by atoms with Crippen LogP contribution < -0.4 is 10.1 Å². The Balaban J connectivity index is 1.38. The number of benzene rings is 2. The van der Waals surface area contributed by atoms with E-state index in [2.05, 4.69) is 34.5 Å². The maximum absolute atomic E-state index is 12.1. The Bertz CT molecular complexity index is 746. The smallest absolute Gasteiger partial charge is 0.230 e. The van der Waals surface area contributed by atoms with Crippen molar-refractivity contribution in [1.82, 2.24) is 10.2 Å². The van der Waals surface area contributed by atoms with Crippen molar-refractivity contribution < 1.29 is 14.3 Å². The summed E-state index contributed by atoms with van der Waals surface area (Å²) in [6, 6.07) is 16.4. The predicted octanol–water partition coefficient (Wildman–Crippen LogP) is 3.08. The van der Waals surface area contributed by atoms with Crippen LogP contribution in [0.3, 0.4) is 0 Å². The maximum Gasteiger partial charge on any atom is 0.230 e. The van der Waals surface area contributed by atoms with Gasteiger partial charge in [-0.15, -0.1) is 11.8 Å². The molecule has 1 aliphatic heterocycles. The van der Waals surface area contributed by atoms with Gasteiger partial charge >= 0.3 is 0 Å². The number of ether oxygens (including phenoxy) is 2. The van der Waals surface area contributed by atoms with Gasteiger partial charge in [0.1, 0.15) is 5.75 Å². The lowest BCUT2D eigenvalue weighted by atomic mass is 10.1. The first kappa shape index (κ1) is 20.7. The van der Waals surface area contributed by atoms with Crippen molar-refractivity contribution in [2.24, 2.45) is 0 Å². The third kappa shape index (κ3) is 6.86. The summed E-state index contributed by atoms with van der Waals surface area (Å²) < 4.78 is 10.6. The standard InChI is InChI=1S/C22H28N2O3S/c1-26-21-7-5-18(6-8-21)16-28-17-22(25)23-14-19-3-2-4-20(13-19)15-24-9-11-27-12-10-24/h2-8,13H,9-12,14-17H2,1H3,(H,23,25). The van der Waals surface area contributed by atoms with E-state index in [1.165, 1.54) is 11.1 Å². The van der Waals surface area contributed by atoms with Gasteiger partial charge in [0.15, 0.2) is 0 Å². The molecule has 0 radical (unpaired) electrons. The van der Waals surface area contributed by atoms with E-state index in [-0.39, 0.29) is 5.91 Å². The molecule has 0 spiro atoms. The number of morpholine rings is 1. The number of carbonyl (C=O) groups excluding carboxylic acids is 1. The van der Waals surface area contributed by atoms with Gasteiger partial charge in [-0.2, -0.15) is 0 Å². The largest absolute Gasteiger partial charge is 0.497 e. The van der Waals surface area contributed by atoms with Gasteiger partial charge in [-0.05, 0) is 28.8 Å². The van der Waals surface area contributed by atoms with E-state index in [0.29, 0.717) is 12.3 Å². The summed E-state index contributed by atoms with van der Waals surface area (Å²) in [5.41, 5.74) is 3.61. The second-order valence-corrected chi connectivity index (χ2v) is 7.81. The molecule has 0 bridgehead atoms. The number of hydrogen-bond acceptors (Lipinski definition) is 5. The highest BCUT2D eigenvalue weighted by atomic mass is 32.2. The molecule has 1 fully saturated rings. The number of carbonyl (C=O) groups is 1. The number of nitrogens with one attached hydrogen (secondary N) is 1. The van der Waals surface area contributed by atoms with E-state index in [1.807, 2.05) is 24.3 Å². The molecule has 6 heteroatoms. The zero-order valence-corrected chi connectivity index (χ0v) is 17.2. The molecular weight excluding hydrogens is 372 g/mol. The summed E-state index contributed by atoms with van der Waals surface area (Å²) in [7, 11) is 1.66. The normalized spacial score (nSPS) is 14.6. The summed E-state index contributed by atoms with van der Waals surface area (Å²) in [6.45, 7) is 5.08. The molecule has 3 rings (SSSR count). The van der Waals surface area contributed by atoms with Crippen LogP contribution >= 0.6 is 11.8 Å². The molecule has 1 aliphatic rings. The van der Waals surface area contributed by atoms with Crippen LogP contribution in [0.25, 0.3) is 0 Å². The number of hydrogen-bond donors (Lipinski definition) is 1. The minimum absolute atomic E-state index is 0.0668. The monoisotopic (exact) mass is 400 g/mol. The summed E-state index contributed by atoms with van der Waals surface area (Å²) in [5.74, 6) is 2.19. The number of thioether (sulfide) groups is 1. The lowest BCUT2D eigenvalue weighted by molar-refractivity contribution is -0.118. The van der Waals surface area contributed by atoms with Crippen LogP contribution in [-0.4, -0.2) is 50.0 Å². The third-order valence-electron chi connectivity index (χ3n) is 4.65. The van der Waals surface area contributed by atoms with Gasteiger partial charge < -0.3 is 14.8 Å². The molecule has 0 aromatic heterocycles. The quantitative estimate of drug-likeness (QED) is 0.701. The Kier molecular flexibility index (Phi) is 8.21. The Morgan fingerprint density at radius 1 is 1.11 bits per heavy atom. The molecule has 2 aromatic rings. The van der Waals surface area contributed by atoms with Crippen LogP contribution in [0.2, 0.25) is 0 Å². The highest BCUT2D eigenvalue weighted by molar-refractivity contribution is 7.99. The van der Waals surface area contributed by atoms with Crippen LogP contribution in [0.4, 0.5) is 0 Å². The van der Waals surface area contributed by atoms with Crippen molar-refractivity contribution in [3.63, 3.8) is 0 Å². The first-order valence-corrected chi connectivity index (χ1v) is 10.7. The first-order chi connectivity index (χ1) is 13.7. The summed E-state index contributed by atoms with van der Waals surface area (Å²) in [6.07, 6.45) is 0. The predicted molar refractivity (Wildman–Crippen MR) is 114 cm³/mol. The van der Waals surface area contributed by atoms with Gasteiger partial charge in [0.2, 0.25) is 5.91 Å². The molecule has 1 N–H and O–H groups in total. The highest BCUT2D eigenvalue weighted by Gasteiger charge is 2.11. The average Bonchev–Trinajstić information content (AvgIpc) is 2.74. The fraction of sp³-hybridized carbons (Fsp3) is 0.409. The molecule has 1 saturated heterocycles. The van der Waals surface area contributed by atoms with Crippen LogP contribution in [0.1, 0.15) is 16.7 Å². The Morgan fingerprint density at radius 3 is 2.61 bits per heavy atom. The van der Waals surface area contributed by atoms with Gasteiger partial charge in [0.25, 0.3) is 0 Å². The third-order valence-corrected chi connectivity index (χ3v) is 5.66.